The Bertz CT molecular complexity index is 1620. The van der Waals surface area contributed by atoms with E-state index in [9.17, 15) is 19.2 Å². The summed E-state index contributed by atoms with van der Waals surface area (Å²) in [6.45, 7) is 2.42. The van der Waals surface area contributed by atoms with Crippen molar-refractivity contribution in [3.05, 3.63) is 130 Å². The van der Waals surface area contributed by atoms with Crippen LogP contribution in [0, 0.1) is 6.92 Å². The smallest absolute Gasteiger partial charge is 0.407 e. The molecule has 0 aliphatic carbocycles. The largest absolute Gasteiger partial charge is 0.459 e. The van der Waals surface area contributed by atoms with Gasteiger partial charge in [-0.1, -0.05) is 72.3 Å². The van der Waals surface area contributed by atoms with Gasteiger partial charge in [-0.2, -0.15) is 0 Å². The summed E-state index contributed by atoms with van der Waals surface area (Å²) in [6, 6.07) is 26.2. The third-order valence-corrected chi connectivity index (χ3v) is 7.68. The van der Waals surface area contributed by atoms with Crippen LogP contribution >= 0.6 is 11.6 Å². The monoisotopic (exact) mass is 643 g/mol. The number of carbonyl (C=O) groups excluding carboxylic acids is 4. The Labute approximate surface area is 273 Å². The van der Waals surface area contributed by atoms with Crippen LogP contribution < -0.4 is 10.6 Å². The van der Waals surface area contributed by atoms with Crippen molar-refractivity contribution in [3.63, 3.8) is 0 Å². The number of aromatic nitrogens is 1. The molecule has 2 amide bonds. The first-order chi connectivity index (χ1) is 22.2. The molecular weight excluding hydrogens is 606 g/mol. The van der Waals surface area contributed by atoms with Crippen molar-refractivity contribution in [2.45, 2.75) is 51.9 Å². The highest BCUT2D eigenvalue weighted by atomic mass is 35.5. The number of esters is 1. The molecule has 2 N–H and O–H groups in total. The van der Waals surface area contributed by atoms with Crippen molar-refractivity contribution in [3.8, 4) is 0 Å². The van der Waals surface area contributed by atoms with Crippen LogP contribution in [0.5, 0.6) is 0 Å². The normalized spacial score (nSPS) is 11.4. The summed E-state index contributed by atoms with van der Waals surface area (Å²) in [6.07, 6.45) is 0.844. The van der Waals surface area contributed by atoms with Gasteiger partial charge in [0.2, 0.25) is 11.7 Å². The Morgan fingerprint density at radius 1 is 0.826 bits per heavy atom. The first-order valence-corrected chi connectivity index (χ1v) is 15.5. The highest BCUT2D eigenvalue weighted by molar-refractivity contribution is 6.30. The summed E-state index contributed by atoms with van der Waals surface area (Å²) in [5.74, 6) is -1.10. The molecule has 0 radical (unpaired) electrons. The predicted octanol–water partition coefficient (Wildman–Crippen LogP) is 6.09. The second-order valence-corrected chi connectivity index (χ2v) is 11.4. The van der Waals surface area contributed by atoms with Crippen molar-refractivity contribution in [1.29, 1.82) is 0 Å². The Morgan fingerprint density at radius 2 is 1.43 bits per heavy atom. The number of rotatable bonds is 15. The minimum Gasteiger partial charge on any atom is -0.459 e. The van der Waals surface area contributed by atoms with Crippen LogP contribution in [-0.4, -0.2) is 40.9 Å². The number of ether oxygens (including phenoxy) is 2. The molecule has 240 valence electrons. The molecule has 0 aliphatic rings. The molecule has 0 saturated heterocycles. The summed E-state index contributed by atoms with van der Waals surface area (Å²) in [7, 11) is 1.74. The lowest BCUT2D eigenvalue weighted by Gasteiger charge is -2.18. The number of benzene rings is 3. The topological polar surface area (TPSA) is 116 Å². The fourth-order valence-corrected chi connectivity index (χ4v) is 5.11. The molecule has 4 rings (SSSR count). The molecule has 10 heteroatoms. The average molecular weight is 644 g/mol. The summed E-state index contributed by atoms with van der Waals surface area (Å²) >= 11 is 5.98. The molecule has 0 unspecified atom stereocenters. The zero-order valence-electron chi connectivity index (χ0n) is 26.0. The SMILES string of the molecule is Cc1cc(CC(=O)N[C@@H](CCCCNC(=O)OCc2ccccc2)C(=O)OCc2ccccc2)n(C)c1C(=O)c1ccc(Cl)cc1. The van der Waals surface area contributed by atoms with Crippen LogP contribution in [0.1, 0.15) is 57.7 Å². The van der Waals surface area contributed by atoms with E-state index < -0.39 is 18.1 Å². The van der Waals surface area contributed by atoms with Crippen molar-refractivity contribution in [2.24, 2.45) is 7.05 Å². The number of hydrogen-bond donors (Lipinski definition) is 2. The quantitative estimate of drug-likeness (QED) is 0.0921. The summed E-state index contributed by atoms with van der Waals surface area (Å²) in [5.41, 5.74) is 4.04. The third-order valence-electron chi connectivity index (χ3n) is 7.43. The van der Waals surface area contributed by atoms with E-state index in [1.807, 2.05) is 67.6 Å². The number of halogens is 1. The Hall–Kier alpha value is -4.89. The van der Waals surface area contributed by atoms with Gasteiger partial charge in [-0.05, 0) is 73.2 Å². The number of nitrogens with one attached hydrogen (secondary N) is 2. The molecule has 0 fully saturated rings. The van der Waals surface area contributed by atoms with Gasteiger partial charge in [-0.15, -0.1) is 0 Å². The highest BCUT2D eigenvalue weighted by Gasteiger charge is 2.24. The van der Waals surface area contributed by atoms with E-state index in [2.05, 4.69) is 10.6 Å². The van der Waals surface area contributed by atoms with Gasteiger partial charge in [0, 0.05) is 29.9 Å². The second kappa shape index (κ2) is 17.0. The minimum atomic E-state index is -0.891. The van der Waals surface area contributed by atoms with Crippen molar-refractivity contribution < 1.29 is 28.7 Å². The van der Waals surface area contributed by atoms with Gasteiger partial charge in [0.1, 0.15) is 19.3 Å². The summed E-state index contributed by atoms with van der Waals surface area (Å²) < 4.78 is 12.5. The van der Waals surface area contributed by atoms with E-state index in [1.54, 1.807) is 41.9 Å². The number of aryl methyl sites for hydroxylation is 1. The maximum atomic E-state index is 13.2. The van der Waals surface area contributed by atoms with Crippen LogP contribution in [-0.2, 0) is 45.7 Å². The maximum Gasteiger partial charge on any atom is 0.407 e. The van der Waals surface area contributed by atoms with Gasteiger partial charge in [0.05, 0.1) is 12.1 Å². The van der Waals surface area contributed by atoms with Gasteiger partial charge in [-0.25, -0.2) is 9.59 Å². The lowest BCUT2D eigenvalue weighted by Crippen LogP contribution is -2.42. The highest BCUT2D eigenvalue weighted by Crippen LogP contribution is 2.20. The number of ketones is 1. The molecule has 1 atom stereocenters. The molecule has 0 bridgehead atoms. The third kappa shape index (κ3) is 10.1. The zero-order valence-corrected chi connectivity index (χ0v) is 26.7. The zero-order chi connectivity index (χ0) is 32.9. The first kappa shape index (κ1) is 34.0. The van der Waals surface area contributed by atoms with Crippen LogP contribution in [0.4, 0.5) is 4.79 Å². The molecule has 3 aromatic carbocycles. The average Bonchev–Trinajstić information content (AvgIpc) is 3.34. The van der Waals surface area contributed by atoms with E-state index in [-0.39, 0.29) is 31.3 Å². The van der Waals surface area contributed by atoms with E-state index in [4.69, 9.17) is 21.1 Å². The molecule has 0 saturated carbocycles. The van der Waals surface area contributed by atoms with Gasteiger partial charge < -0.3 is 24.7 Å². The first-order valence-electron chi connectivity index (χ1n) is 15.1. The van der Waals surface area contributed by atoms with Crippen LogP contribution in [0.15, 0.2) is 91.0 Å². The molecule has 0 aliphatic heterocycles. The van der Waals surface area contributed by atoms with E-state index in [1.165, 1.54) is 0 Å². The summed E-state index contributed by atoms with van der Waals surface area (Å²) in [4.78, 5) is 51.6. The standard InChI is InChI=1S/C36H38ClN3O6/c1-25-21-30(40(2)33(25)34(42)28-16-18-29(37)19-17-28)22-32(41)39-31(35(43)45-23-26-11-5-3-6-12-26)15-9-10-20-38-36(44)46-24-27-13-7-4-8-14-27/h3-8,11-14,16-19,21,31H,9-10,15,20,22-24H2,1-2H3,(H,38,44)(H,39,41)/t31-/m0/s1. The van der Waals surface area contributed by atoms with E-state index >= 15 is 0 Å². The fourth-order valence-electron chi connectivity index (χ4n) is 4.99. The van der Waals surface area contributed by atoms with Crippen molar-refractivity contribution in [2.75, 3.05) is 6.54 Å². The van der Waals surface area contributed by atoms with Crippen molar-refractivity contribution >= 4 is 35.4 Å². The minimum absolute atomic E-state index is 0.0392. The number of unbranched alkanes of at least 4 members (excludes halogenated alkanes) is 1. The van der Waals surface area contributed by atoms with Crippen LogP contribution in [0.3, 0.4) is 0 Å². The van der Waals surface area contributed by atoms with E-state index in [0.717, 1.165) is 16.7 Å². The van der Waals surface area contributed by atoms with Crippen molar-refractivity contribution in [1.82, 2.24) is 15.2 Å². The van der Waals surface area contributed by atoms with Gasteiger partial charge >= 0.3 is 12.1 Å². The molecule has 0 spiro atoms. The van der Waals surface area contributed by atoms with E-state index in [0.29, 0.717) is 47.8 Å². The molecule has 4 aromatic rings. The molecule has 46 heavy (non-hydrogen) atoms. The van der Waals surface area contributed by atoms with Gasteiger partial charge in [0.25, 0.3) is 0 Å². The maximum absolute atomic E-state index is 13.2. The molecular formula is C36H38ClN3O6. The lowest BCUT2D eigenvalue weighted by molar-refractivity contribution is -0.149. The number of amides is 2. The summed E-state index contributed by atoms with van der Waals surface area (Å²) in [5, 5.41) is 6.07. The Kier molecular flexibility index (Phi) is 12.5. The predicted molar refractivity (Wildman–Crippen MR) is 175 cm³/mol. The Balaban J connectivity index is 1.33. The van der Waals surface area contributed by atoms with Crippen LogP contribution in [0.25, 0.3) is 0 Å². The molecule has 9 nitrogen and oxygen atoms in total. The number of hydrogen-bond acceptors (Lipinski definition) is 6. The second-order valence-electron chi connectivity index (χ2n) is 10.9. The molecule has 1 aromatic heterocycles. The fraction of sp³-hybridized carbons (Fsp3) is 0.278. The number of alkyl carbamates (subject to hydrolysis) is 1. The Morgan fingerprint density at radius 3 is 2.07 bits per heavy atom. The van der Waals surface area contributed by atoms with Crippen LogP contribution in [0.2, 0.25) is 5.02 Å². The lowest BCUT2D eigenvalue weighted by atomic mass is 10.1. The van der Waals surface area contributed by atoms with Gasteiger partial charge in [0.15, 0.2) is 0 Å². The van der Waals surface area contributed by atoms with Gasteiger partial charge in [-0.3, -0.25) is 9.59 Å². The number of carbonyl (C=O) groups is 4. The molecule has 1 heterocycles. The number of nitrogens with zero attached hydrogens (tertiary/aromatic N) is 1.